The smallest absolute Gasteiger partial charge is 0.252 e. The monoisotopic (exact) mass is 281 g/mol. The minimum atomic E-state index is -0.673. The fourth-order valence-corrected chi connectivity index (χ4v) is 1.13. The first-order valence-corrected chi connectivity index (χ1v) is 5.97. The van der Waals surface area contributed by atoms with Crippen LogP contribution in [0.3, 0.4) is 0 Å². The lowest BCUT2D eigenvalue weighted by Crippen LogP contribution is -2.34. The molecular formula is C13H19N3O4. The molecule has 0 aromatic heterocycles. The van der Waals surface area contributed by atoms with Gasteiger partial charge in [-0.25, -0.2) is 0 Å². The zero-order valence-corrected chi connectivity index (χ0v) is 11.4. The molecule has 110 valence electrons. The second kappa shape index (κ2) is 9.65. The van der Waals surface area contributed by atoms with Gasteiger partial charge in [0.25, 0.3) is 5.91 Å². The number of carbonyl (C=O) groups excluding carboxylic acids is 3. The van der Waals surface area contributed by atoms with E-state index in [9.17, 15) is 19.6 Å². The molecule has 0 rings (SSSR count). The lowest BCUT2D eigenvalue weighted by molar-refractivity contribution is -0.126. The van der Waals surface area contributed by atoms with Crippen LogP contribution in [0.15, 0.2) is 37.6 Å². The molecule has 0 bridgehead atoms. The number of carbonyl (C=O) groups is 3. The summed E-state index contributed by atoms with van der Waals surface area (Å²) in [4.78, 5) is 35.0. The Labute approximate surface area is 117 Å². The molecule has 7 nitrogen and oxygen atoms in total. The maximum Gasteiger partial charge on any atom is 0.252 e. The third-order valence-corrected chi connectivity index (χ3v) is 2.26. The van der Waals surface area contributed by atoms with E-state index >= 15 is 0 Å². The van der Waals surface area contributed by atoms with Crippen LogP contribution >= 0.6 is 0 Å². The molecule has 0 aromatic carbocycles. The summed E-state index contributed by atoms with van der Waals surface area (Å²) in [5, 5.41) is 12.3. The highest BCUT2D eigenvalue weighted by atomic mass is 16.5. The van der Waals surface area contributed by atoms with Crippen LogP contribution in [0.5, 0.6) is 0 Å². The highest BCUT2D eigenvalue weighted by Gasteiger charge is 2.09. The quantitative estimate of drug-likeness (QED) is 0.485. The number of hydroxylamine groups is 2. The maximum atomic E-state index is 11.5. The summed E-state index contributed by atoms with van der Waals surface area (Å²) in [6.07, 6.45) is 4.31. The van der Waals surface area contributed by atoms with E-state index < -0.39 is 17.7 Å². The van der Waals surface area contributed by atoms with Gasteiger partial charge in [0, 0.05) is 31.9 Å². The van der Waals surface area contributed by atoms with Crippen LogP contribution in [0.2, 0.25) is 0 Å². The predicted molar refractivity (Wildman–Crippen MR) is 73.4 cm³/mol. The molecule has 0 heterocycles. The molecule has 0 atom stereocenters. The SMILES string of the molecule is C=CC(=O)NC(=O)C=CN(CCN(O)CC)C(=O)C=C. The second-order valence-corrected chi connectivity index (χ2v) is 3.66. The van der Waals surface area contributed by atoms with Crippen molar-refractivity contribution < 1.29 is 19.6 Å². The highest BCUT2D eigenvalue weighted by Crippen LogP contribution is 1.95. The third kappa shape index (κ3) is 7.24. The summed E-state index contributed by atoms with van der Waals surface area (Å²) in [6, 6.07) is 0. The van der Waals surface area contributed by atoms with E-state index in [1.807, 2.05) is 5.32 Å². The van der Waals surface area contributed by atoms with Crippen molar-refractivity contribution in [1.82, 2.24) is 15.3 Å². The maximum absolute atomic E-state index is 11.5. The van der Waals surface area contributed by atoms with Crippen molar-refractivity contribution in [3.63, 3.8) is 0 Å². The van der Waals surface area contributed by atoms with Crippen LogP contribution in [0.4, 0.5) is 0 Å². The Morgan fingerprint density at radius 3 is 2.30 bits per heavy atom. The summed E-state index contributed by atoms with van der Waals surface area (Å²) in [6.45, 7) is 9.11. The lowest BCUT2D eigenvalue weighted by atomic mass is 10.4. The van der Waals surface area contributed by atoms with Gasteiger partial charge in [-0.05, 0) is 12.2 Å². The molecule has 7 heteroatoms. The first-order valence-electron chi connectivity index (χ1n) is 5.97. The van der Waals surface area contributed by atoms with Gasteiger partial charge < -0.3 is 10.1 Å². The average molecular weight is 281 g/mol. The fourth-order valence-electron chi connectivity index (χ4n) is 1.13. The van der Waals surface area contributed by atoms with Crippen LogP contribution in [-0.4, -0.2) is 52.5 Å². The number of rotatable bonds is 8. The Morgan fingerprint density at radius 2 is 1.80 bits per heavy atom. The largest absolute Gasteiger partial charge is 0.314 e. The molecule has 0 saturated carbocycles. The summed E-state index contributed by atoms with van der Waals surface area (Å²) in [7, 11) is 0. The van der Waals surface area contributed by atoms with E-state index in [4.69, 9.17) is 0 Å². The van der Waals surface area contributed by atoms with Gasteiger partial charge >= 0.3 is 0 Å². The predicted octanol–water partition coefficient (Wildman–Crippen LogP) is 0.0546. The zero-order valence-electron chi connectivity index (χ0n) is 11.4. The van der Waals surface area contributed by atoms with Crippen LogP contribution in [0.25, 0.3) is 0 Å². The van der Waals surface area contributed by atoms with Crippen molar-refractivity contribution in [2.24, 2.45) is 0 Å². The number of hydrogen-bond donors (Lipinski definition) is 2. The Hall–Kier alpha value is -2.25. The van der Waals surface area contributed by atoms with E-state index in [0.717, 1.165) is 23.3 Å². The van der Waals surface area contributed by atoms with Gasteiger partial charge in [-0.1, -0.05) is 20.1 Å². The highest BCUT2D eigenvalue weighted by molar-refractivity contribution is 6.04. The topological polar surface area (TPSA) is 90.0 Å². The molecule has 0 unspecified atom stereocenters. The number of nitrogens with one attached hydrogen (secondary N) is 1. The molecular weight excluding hydrogens is 262 g/mol. The second-order valence-electron chi connectivity index (χ2n) is 3.66. The van der Waals surface area contributed by atoms with Crippen LogP contribution in [0, 0.1) is 0 Å². The third-order valence-electron chi connectivity index (χ3n) is 2.26. The minimum absolute atomic E-state index is 0.175. The molecule has 0 aromatic rings. The van der Waals surface area contributed by atoms with Gasteiger partial charge in [-0.15, -0.1) is 0 Å². The van der Waals surface area contributed by atoms with E-state index in [-0.39, 0.29) is 13.1 Å². The van der Waals surface area contributed by atoms with Crippen LogP contribution in [-0.2, 0) is 14.4 Å². The van der Waals surface area contributed by atoms with Crippen LogP contribution < -0.4 is 5.32 Å². The van der Waals surface area contributed by atoms with Crippen molar-refractivity contribution in [3.05, 3.63) is 37.6 Å². The molecule has 2 N–H and O–H groups in total. The number of hydrogen-bond acceptors (Lipinski definition) is 5. The van der Waals surface area contributed by atoms with E-state index in [0.29, 0.717) is 6.54 Å². The molecule has 0 spiro atoms. The fraction of sp³-hybridized carbons (Fsp3) is 0.308. The summed E-state index contributed by atoms with van der Waals surface area (Å²) >= 11 is 0. The molecule has 0 aliphatic heterocycles. The summed E-state index contributed by atoms with van der Waals surface area (Å²) < 4.78 is 0. The molecule has 0 saturated heterocycles. The Kier molecular flexibility index (Phi) is 8.56. The van der Waals surface area contributed by atoms with Gasteiger partial charge in [-0.2, -0.15) is 5.06 Å². The molecule has 0 fully saturated rings. The van der Waals surface area contributed by atoms with Crippen LogP contribution in [0.1, 0.15) is 6.92 Å². The number of nitrogens with zero attached hydrogens (tertiary/aromatic N) is 2. The average Bonchev–Trinajstić information content (AvgIpc) is 2.45. The number of amides is 3. The Morgan fingerprint density at radius 1 is 1.15 bits per heavy atom. The molecule has 20 heavy (non-hydrogen) atoms. The van der Waals surface area contributed by atoms with E-state index in [1.54, 1.807) is 6.92 Å². The molecule has 0 radical (unpaired) electrons. The van der Waals surface area contributed by atoms with Crippen molar-refractivity contribution in [1.29, 1.82) is 0 Å². The Bertz CT molecular complexity index is 418. The van der Waals surface area contributed by atoms with Crippen molar-refractivity contribution in [2.45, 2.75) is 6.92 Å². The molecule has 3 amide bonds. The normalized spacial score (nSPS) is 10.3. The minimum Gasteiger partial charge on any atom is -0.314 e. The van der Waals surface area contributed by atoms with Gasteiger partial charge in [0.05, 0.1) is 0 Å². The number of imide groups is 1. The number of likely N-dealkylation sites (N-methyl/N-ethyl adjacent to an activating group) is 1. The van der Waals surface area contributed by atoms with E-state index in [2.05, 4.69) is 13.2 Å². The lowest BCUT2D eigenvalue weighted by Gasteiger charge is -2.19. The van der Waals surface area contributed by atoms with Gasteiger partial charge in [-0.3, -0.25) is 19.7 Å². The van der Waals surface area contributed by atoms with E-state index in [1.165, 1.54) is 11.1 Å². The first-order chi connectivity index (χ1) is 9.44. The molecule has 0 aliphatic carbocycles. The first kappa shape index (κ1) is 17.8. The zero-order chi connectivity index (χ0) is 15.5. The summed E-state index contributed by atoms with van der Waals surface area (Å²) in [5.41, 5.74) is 0. The van der Waals surface area contributed by atoms with Gasteiger partial charge in [0.2, 0.25) is 11.8 Å². The summed E-state index contributed by atoms with van der Waals surface area (Å²) in [5.74, 6) is -1.73. The van der Waals surface area contributed by atoms with Gasteiger partial charge in [0.15, 0.2) is 0 Å². The van der Waals surface area contributed by atoms with Crippen molar-refractivity contribution in [3.8, 4) is 0 Å². The standard InChI is InChI=1S/C13H19N3O4/c1-4-11(17)14-12(18)7-8-15(13(19)5-2)9-10-16(20)6-3/h4-5,7-8,20H,1-2,6,9-10H2,3H3,(H,14,17,18). The Balaban J connectivity index is 4.59. The van der Waals surface area contributed by atoms with Crippen molar-refractivity contribution in [2.75, 3.05) is 19.6 Å². The van der Waals surface area contributed by atoms with Gasteiger partial charge in [0.1, 0.15) is 0 Å². The molecule has 0 aliphatic rings. The van der Waals surface area contributed by atoms with Crippen molar-refractivity contribution >= 4 is 17.7 Å².